The van der Waals surface area contributed by atoms with Crippen molar-refractivity contribution < 1.29 is 19.1 Å². The number of nitrogens with one attached hydrogen (secondary N) is 1. The number of benzene rings is 2. The largest absolute Gasteiger partial charge is 0.486 e. The maximum Gasteiger partial charge on any atom is 0.255 e. The fraction of sp³-hybridized carbons (Fsp3) is 0.263. The summed E-state index contributed by atoms with van der Waals surface area (Å²) in [5.74, 6) is 0.885. The maximum atomic E-state index is 12.6. The number of carbonyl (C=O) groups is 2. The second kappa shape index (κ2) is 6.88. The number of rotatable bonds is 3. The van der Waals surface area contributed by atoms with Gasteiger partial charge in [0.2, 0.25) is 5.91 Å². The zero-order valence-corrected chi connectivity index (χ0v) is 14.7. The van der Waals surface area contributed by atoms with Gasteiger partial charge >= 0.3 is 0 Å². The number of hydrogen-bond donors (Lipinski definition) is 1. The fourth-order valence-electron chi connectivity index (χ4n) is 3.09. The smallest absolute Gasteiger partial charge is 0.255 e. The standard InChI is InChI=1S/C19H17ClN2O4/c20-14-10-16-17(26-8-7-25-16)11-15(14)21-19(24)12-3-1-4-13(9-12)22-6-2-5-18(22)23/h1,3-4,9-11H,2,5-8H2,(H,21,24). The van der Waals surface area contributed by atoms with Crippen LogP contribution >= 0.6 is 11.6 Å². The van der Waals surface area contributed by atoms with Crippen molar-refractivity contribution in [2.24, 2.45) is 0 Å². The van der Waals surface area contributed by atoms with Gasteiger partial charge in [-0.15, -0.1) is 0 Å². The number of fused-ring (bicyclic) bond motifs is 1. The van der Waals surface area contributed by atoms with Crippen LogP contribution in [0.3, 0.4) is 0 Å². The highest BCUT2D eigenvalue weighted by Gasteiger charge is 2.22. The van der Waals surface area contributed by atoms with Gasteiger partial charge in [0.1, 0.15) is 13.2 Å². The summed E-state index contributed by atoms with van der Waals surface area (Å²) in [6.07, 6.45) is 1.38. The van der Waals surface area contributed by atoms with Gasteiger partial charge in [0, 0.05) is 36.3 Å². The molecule has 0 aromatic heterocycles. The molecule has 26 heavy (non-hydrogen) atoms. The lowest BCUT2D eigenvalue weighted by Gasteiger charge is -2.20. The van der Waals surface area contributed by atoms with E-state index in [0.29, 0.717) is 54.0 Å². The Bertz CT molecular complexity index is 884. The van der Waals surface area contributed by atoms with Crippen LogP contribution in [0.1, 0.15) is 23.2 Å². The monoisotopic (exact) mass is 372 g/mol. The molecule has 0 atom stereocenters. The van der Waals surface area contributed by atoms with Crippen LogP contribution in [0.2, 0.25) is 5.02 Å². The topological polar surface area (TPSA) is 67.9 Å². The third-order valence-electron chi connectivity index (χ3n) is 4.37. The second-order valence-corrected chi connectivity index (χ2v) is 6.54. The molecule has 1 fully saturated rings. The van der Waals surface area contributed by atoms with Gasteiger partial charge in [-0.2, -0.15) is 0 Å². The normalized spacial score (nSPS) is 15.9. The third kappa shape index (κ3) is 3.20. The highest BCUT2D eigenvalue weighted by Crippen LogP contribution is 2.38. The number of hydrogen-bond acceptors (Lipinski definition) is 4. The maximum absolute atomic E-state index is 12.6. The quantitative estimate of drug-likeness (QED) is 0.895. The van der Waals surface area contributed by atoms with E-state index in [1.165, 1.54) is 0 Å². The summed E-state index contributed by atoms with van der Waals surface area (Å²) >= 11 is 6.24. The minimum absolute atomic E-state index is 0.0810. The molecule has 6 nitrogen and oxygen atoms in total. The van der Waals surface area contributed by atoms with Crippen LogP contribution < -0.4 is 19.7 Å². The number of nitrogens with zero attached hydrogens (tertiary/aromatic N) is 1. The molecule has 2 aromatic carbocycles. The van der Waals surface area contributed by atoms with Crippen molar-refractivity contribution in [3.8, 4) is 11.5 Å². The Kier molecular flexibility index (Phi) is 4.42. The molecule has 0 radical (unpaired) electrons. The molecule has 0 bridgehead atoms. The first-order chi connectivity index (χ1) is 12.6. The van der Waals surface area contributed by atoms with Gasteiger partial charge < -0.3 is 19.7 Å². The molecule has 2 amide bonds. The van der Waals surface area contributed by atoms with Crippen molar-refractivity contribution in [3.05, 3.63) is 47.0 Å². The summed E-state index contributed by atoms with van der Waals surface area (Å²) in [7, 11) is 0. The van der Waals surface area contributed by atoms with E-state index in [1.807, 2.05) is 6.07 Å². The molecular weight excluding hydrogens is 356 g/mol. The van der Waals surface area contributed by atoms with Crippen molar-refractivity contribution in [1.29, 1.82) is 0 Å². The molecule has 2 aromatic rings. The minimum atomic E-state index is -0.308. The zero-order valence-electron chi connectivity index (χ0n) is 14.0. The average Bonchev–Trinajstić information content (AvgIpc) is 3.08. The molecule has 0 aliphatic carbocycles. The average molecular weight is 373 g/mol. The van der Waals surface area contributed by atoms with Crippen LogP contribution in [0.4, 0.5) is 11.4 Å². The molecule has 0 unspecified atom stereocenters. The fourth-order valence-corrected chi connectivity index (χ4v) is 3.29. The molecule has 2 aliphatic rings. The molecule has 1 N–H and O–H groups in total. The molecule has 0 spiro atoms. The Morgan fingerprint density at radius 1 is 1.12 bits per heavy atom. The Labute approximate surface area is 155 Å². The number of carbonyl (C=O) groups excluding carboxylic acids is 2. The number of ether oxygens (including phenoxy) is 2. The number of amides is 2. The van der Waals surface area contributed by atoms with E-state index in [9.17, 15) is 9.59 Å². The Morgan fingerprint density at radius 3 is 2.62 bits per heavy atom. The van der Waals surface area contributed by atoms with Gasteiger partial charge in [0.05, 0.1) is 10.7 Å². The van der Waals surface area contributed by atoms with E-state index in [0.717, 1.165) is 12.1 Å². The summed E-state index contributed by atoms with van der Waals surface area (Å²) in [6, 6.07) is 10.3. The highest BCUT2D eigenvalue weighted by atomic mass is 35.5. The summed E-state index contributed by atoms with van der Waals surface area (Å²) in [4.78, 5) is 26.3. The summed E-state index contributed by atoms with van der Waals surface area (Å²) < 4.78 is 11.0. The molecule has 0 saturated carbocycles. The van der Waals surface area contributed by atoms with E-state index >= 15 is 0 Å². The molecule has 7 heteroatoms. The summed E-state index contributed by atoms with van der Waals surface area (Å²) in [5, 5.41) is 3.16. The first-order valence-corrected chi connectivity index (χ1v) is 8.80. The lowest BCUT2D eigenvalue weighted by Crippen LogP contribution is -2.24. The van der Waals surface area contributed by atoms with Crippen LogP contribution in [0.25, 0.3) is 0 Å². The van der Waals surface area contributed by atoms with Crippen LogP contribution in [-0.2, 0) is 4.79 Å². The molecule has 4 rings (SSSR count). The molecule has 2 aliphatic heterocycles. The van der Waals surface area contributed by atoms with Crippen LogP contribution in [0, 0.1) is 0 Å². The summed E-state index contributed by atoms with van der Waals surface area (Å²) in [5.41, 5.74) is 1.63. The number of halogens is 1. The van der Waals surface area contributed by atoms with Gasteiger partial charge in [-0.3, -0.25) is 9.59 Å². The van der Waals surface area contributed by atoms with Crippen molar-refractivity contribution in [2.75, 3.05) is 30.0 Å². The third-order valence-corrected chi connectivity index (χ3v) is 4.69. The van der Waals surface area contributed by atoms with E-state index in [4.69, 9.17) is 21.1 Å². The lowest BCUT2D eigenvalue weighted by atomic mass is 10.1. The Morgan fingerprint density at radius 2 is 1.88 bits per heavy atom. The first kappa shape index (κ1) is 16.7. The molecular formula is C19H17ClN2O4. The van der Waals surface area contributed by atoms with Gasteiger partial charge in [-0.1, -0.05) is 17.7 Å². The highest BCUT2D eigenvalue weighted by molar-refractivity contribution is 6.34. The van der Waals surface area contributed by atoms with E-state index in [1.54, 1.807) is 35.2 Å². The van der Waals surface area contributed by atoms with Crippen molar-refractivity contribution in [1.82, 2.24) is 0 Å². The number of anilines is 2. The van der Waals surface area contributed by atoms with E-state index < -0.39 is 0 Å². The van der Waals surface area contributed by atoms with E-state index in [-0.39, 0.29) is 11.8 Å². The van der Waals surface area contributed by atoms with Crippen LogP contribution in [-0.4, -0.2) is 31.6 Å². The van der Waals surface area contributed by atoms with Crippen molar-refractivity contribution >= 4 is 34.8 Å². The van der Waals surface area contributed by atoms with Crippen molar-refractivity contribution in [3.63, 3.8) is 0 Å². The lowest BCUT2D eigenvalue weighted by molar-refractivity contribution is -0.117. The molecule has 134 valence electrons. The summed E-state index contributed by atoms with van der Waals surface area (Å²) in [6.45, 7) is 1.60. The van der Waals surface area contributed by atoms with Crippen LogP contribution in [0.5, 0.6) is 11.5 Å². The minimum Gasteiger partial charge on any atom is -0.486 e. The Balaban J connectivity index is 1.56. The van der Waals surface area contributed by atoms with Crippen LogP contribution in [0.15, 0.2) is 36.4 Å². The van der Waals surface area contributed by atoms with Crippen molar-refractivity contribution in [2.45, 2.75) is 12.8 Å². The van der Waals surface area contributed by atoms with Gasteiger partial charge in [-0.05, 0) is 24.6 Å². The predicted octanol–water partition coefficient (Wildman–Crippen LogP) is 3.49. The van der Waals surface area contributed by atoms with Gasteiger partial charge in [-0.25, -0.2) is 0 Å². The first-order valence-electron chi connectivity index (χ1n) is 8.43. The zero-order chi connectivity index (χ0) is 18.1. The predicted molar refractivity (Wildman–Crippen MR) is 98.4 cm³/mol. The molecule has 1 saturated heterocycles. The van der Waals surface area contributed by atoms with Gasteiger partial charge in [0.25, 0.3) is 5.91 Å². The Hall–Kier alpha value is -2.73. The second-order valence-electron chi connectivity index (χ2n) is 6.13. The van der Waals surface area contributed by atoms with E-state index in [2.05, 4.69) is 5.32 Å². The molecule has 2 heterocycles. The SMILES string of the molecule is O=C(Nc1cc2c(cc1Cl)OCCO2)c1cccc(N2CCCC2=O)c1. The van der Waals surface area contributed by atoms with Gasteiger partial charge in [0.15, 0.2) is 11.5 Å².